The number of benzene rings is 1. The van der Waals surface area contributed by atoms with Crippen LogP contribution < -0.4 is 0 Å². The van der Waals surface area contributed by atoms with Gasteiger partial charge in [0.1, 0.15) is 5.60 Å². The molecule has 1 aliphatic heterocycles. The van der Waals surface area contributed by atoms with Gasteiger partial charge in [-0.2, -0.15) is 0 Å². The molecule has 0 bridgehead atoms. The molecule has 0 spiro atoms. The predicted octanol–water partition coefficient (Wildman–Crippen LogP) is 2.80. The van der Waals surface area contributed by atoms with Crippen LogP contribution in [0.3, 0.4) is 0 Å². The quantitative estimate of drug-likeness (QED) is 0.903. The van der Waals surface area contributed by atoms with Gasteiger partial charge < -0.3 is 14.7 Å². The van der Waals surface area contributed by atoms with Crippen molar-refractivity contribution in [2.75, 3.05) is 32.8 Å². The summed E-state index contributed by atoms with van der Waals surface area (Å²) >= 11 is 6.01. The third-order valence-electron chi connectivity index (χ3n) is 4.01. The molecule has 1 aromatic carbocycles. The number of hydrogen-bond acceptors (Lipinski definition) is 4. The first-order chi connectivity index (χ1) is 11.3. The summed E-state index contributed by atoms with van der Waals surface area (Å²) in [5.41, 5.74) is 0.665. The molecule has 6 heteroatoms. The van der Waals surface area contributed by atoms with Gasteiger partial charge in [-0.25, -0.2) is 4.79 Å². The van der Waals surface area contributed by atoms with Crippen molar-refractivity contribution in [2.24, 2.45) is 0 Å². The van der Waals surface area contributed by atoms with Crippen LogP contribution in [0, 0.1) is 0 Å². The molecular formula is C18H27ClN2O3. The van der Waals surface area contributed by atoms with E-state index in [1.165, 1.54) is 5.56 Å². The SMILES string of the molecule is CC(C)(C)OC(=O)N1CCN(CCc2cccc(Cl)c2)C[C@H]1CO. The number of hydrogen-bond donors (Lipinski definition) is 1. The van der Waals surface area contributed by atoms with Gasteiger partial charge in [-0.1, -0.05) is 23.7 Å². The molecule has 0 aliphatic carbocycles. The van der Waals surface area contributed by atoms with E-state index in [1.54, 1.807) is 4.90 Å². The highest BCUT2D eigenvalue weighted by molar-refractivity contribution is 6.30. The third kappa shape index (κ3) is 5.65. The van der Waals surface area contributed by atoms with Gasteiger partial charge >= 0.3 is 6.09 Å². The molecule has 1 N–H and O–H groups in total. The summed E-state index contributed by atoms with van der Waals surface area (Å²) in [7, 11) is 0. The van der Waals surface area contributed by atoms with E-state index < -0.39 is 5.60 Å². The Morgan fingerprint density at radius 1 is 1.38 bits per heavy atom. The molecule has 2 rings (SSSR count). The average molecular weight is 355 g/mol. The average Bonchev–Trinajstić information content (AvgIpc) is 2.51. The molecule has 5 nitrogen and oxygen atoms in total. The predicted molar refractivity (Wildman–Crippen MR) is 95.4 cm³/mol. The lowest BCUT2D eigenvalue weighted by Crippen LogP contribution is -2.57. The lowest BCUT2D eigenvalue weighted by molar-refractivity contribution is -0.0113. The standard InChI is InChI=1S/C18H27ClN2O3/c1-18(2,3)24-17(23)21-10-9-20(12-16(21)13-22)8-7-14-5-4-6-15(19)11-14/h4-6,11,16,22H,7-10,12-13H2,1-3H3/t16-/m0/s1. The number of halogens is 1. The fraction of sp³-hybridized carbons (Fsp3) is 0.611. The third-order valence-corrected chi connectivity index (χ3v) is 4.25. The van der Waals surface area contributed by atoms with Crippen molar-refractivity contribution in [3.8, 4) is 0 Å². The van der Waals surface area contributed by atoms with Crippen molar-refractivity contribution in [1.82, 2.24) is 9.80 Å². The molecule has 1 atom stereocenters. The molecule has 1 saturated heterocycles. The summed E-state index contributed by atoms with van der Waals surface area (Å²) in [5.74, 6) is 0. The van der Waals surface area contributed by atoms with Crippen molar-refractivity contribution < 1.29 is 14.6 Å². The van der Waals surface area contributed by atoms with Gasteiger partial charge in [0.05, 0.1) is 12.6 Å². The number of rotatable bonds is 4. The summed E-state index contributed by atoms with van der Waals surface area (Å²) in [5, 5.41) is 10.4. The number of piperazine rings is 1. The van der Waals surface area contributed by atoms with Crippen LogP contribution >= 0.6 is 11.6 Å². The smallest absolute Gasteiger partial charge is 0.410 e. The molecule has 0 saturated carbocycles. The topological polar surface area (TPSA) is 53.0 Å². The van der Waals surface area contributed by atoms with Crippen LogP contribution in [0.5, 0.6) is 0 Å². The first kappa shape index (κ1) is 19.0. The van der Waals surface area contributed by atoms with Crippen molar-refractivity contribution in [2.45, 2.75) is 38.8 Å². The molecule has 0 unspecified atom stereocenters. The van der Waals surface area contributed by atoms with E-state index in [9.17, 15) is 9.90 Å². The fourth-order valence-electron chi connectivity index (χ4n) is 2.82. The van der Waals surface area contributed by atoms with Crippen LogP contribution in [-0.4, -0.2) is 65.4 Å². The summed E-state index contributed by atoms with van der Waals surface area (Å²) in [6, 6.07) is 7.63. The molecule has 24 heavy (non-hydrogen) atoms. The Labute approximate surface area is 149 Å². The second-order valence-corrected chi connectivity index (χ2v) is 7.63. The maximum absolute atomic E-state index is 12.3. The van der Waals surface area contributed by atoms with Crippen LogP contribution in [0.1, 0.15) is 26.3 Å². The van der Waals surface area contributed by atoms with Gasteiger partial charge in [-0.3, -0.25) is 4.90 Å². The van der Waals surface area contributed by atoms with Gasteiger partial charge in [0.15, 0.2) is 0 Å². The number of aliphatic hydroxyl groups is 1. The molecule has 1 amide bonds. The maximum Gasteiger partial charge on any atom is 0.410 e. The Balaban J connectivity index is 1.88. The molecule has 0 aromatic heterocycles. The zero-order valence-electron chi connectivity index (χ0n) is 14.7. The summed E-state index contributed by atoms with van der Waals surface area (Å²) in [6.45, 7) is 8.34. The van der Waals surface area contributed by atoms with Gasteiger partial charge in [0.25, 0.3) is 0 Å². The van der Waals surface area contributed by atoms with Crippen molar-refractivity contribution >= 4 is 17.7 Å². The molecule has 134 valence electrons. The van der Waals surface area contributed by atoms with Crippen LogP contribution in [0.4, 0.5) is 4.79 Å². The molecule has 1 aromatic rings. The first-order valence-electron chi connectivity index (χ1n) is 8.36. The molecular weight excluding hydrogens is 328 g/mol. The number of nitrogens with zero attached hydrogens (tertiary/aromatic N) is 2. The molecule has 1 fully saturated rings. The summed E-state index contributed by atoms with van der Waals surface area (Å²) in [6.07, 6.45) is 0.543. The molecule has 0 radical (unpaired) electrons. The van der Waals surface area contributed by atoms with Crippen molar-refractivity contribution in [3.63, 3.8) is 0 Å². The highest BCUT2D eigenvalue weighted by atomic mass is 35.5. The Hall–Kier alpha value is -1.30. The minimum absolute atomic E-state index is 0.0626. The number of ether oxygens (including phenoxy) is 1. The second kappa shape index (κ2) is 8.19. The van der Waals surface area contributed by atoms with E-state index in [-0.39, 0.29) is 18.7 Å². The van der Waals surface area contributed by atoms with E-state index >= 15 is 0 Å². The van der Waals surface area contributed by atoms with Gasteiger partial charge in [0.2, 0.25) is 0 Å². The van der Waals surface area contributed by atoms with E-state index in [0.29, 0.717) is 13.1 Å². The van der Waals surface area contributed by atoms with Crippen molar-refractivity contribution in [1.29, 1.82) is 0 Å². The minimum Gasteiger partial charge on any atom is -0.444 e. The van der Waals surface area contributed by atoms with Crippen molar-refractivity contribution in [3.05, 3.63) is 34.9 Å². The lowest BCUT2D eigenvalue weighted by atomic mass is 10.1. The zero-order chi connectivity index (χ0) is 17.7. The molecule has 1 heterocycles. The monoisotopic (exact) mass is 354 g/mol. The fourth-order valence-corrected chi connectivity index (χ4v) is 3.03. The second-order valence-electron chi connectivity index (χ2n) is 7.19. The largest absolute Gasteiger partial charge is 0.444 e. The number of aliphatic hydroxyl groups excluding tert-OH is 1. The van der Waals surface area contributed by atoms with E-state index in [0.717, 1.165) is 24.5 Å². The van der Waals surface area contributed by atoms with Crippen LogP contribution in [0.2, 0.25) is 5.02 Å². The van der Waals surface area contributed by atoms with Gasteiger partial charge in [-0.15, -0.1) is 0 Å². The summed E-state index contributed by atoms with van der Waals surface area (Å²) < 4.78 is 5.43. The number of amides is 1. The van der Waals surface area contributed by atoms with Crippen LogP contribution in [0.25, 0.3) is 0 Å². The lowest BCUT2D eigenvalue weighted by Gasteiger charge is -2.41. The highest BCUT2D eigenvalue weighted by Crippen LogP contribution is 2.17. The van der Waals surface area contributed by atoms with E-state index in [1.807, 2.05) is 39.0 Å². The highest BCUT2D eigenvalue weighted by Gasteiger charge is 2.32. The van der Waals surface area contributed by atoms with Crippen LogP contribution in [0.15, 0.2) is 24.3 Å². The Bertz CT molecular complexity index is 559. The van der Waals surface area contributed by atoms with Gasteiger partial charge in [0, 0.05) is 31.2 Å². The Morgan fingerprint density at radius 2 is 2.12 bits per heavy atom. The zero-order valence-corrected chi connectivity index (χ0v) is 15.4. The number of carbonyl (C=O) groups excluding carboxylic acids is 1. The summed E-state index contributed by atoms with van der Waals surface area (Å²) in [4.78, 5) is 16.2. The Kier molecular flexibility index (Phi) is 6.49. The first-order valence-corrected chi connectivity index (χ1v) is 8.73. The maximum atomic E-state index is 12.3. The van der Waals surface area contributed by atoms with E-state index in [4.69, 9.17) is 16.3 Å². The number of carbonyl (C=O) groups is 1. The normalized spacial score (nSPS) is 19.4. The van der Waals surface area contributed by atoms with Gasteiger partial charge in [-0.05, 0) is 44.9 Å². The van der Waals surface area contributed by atoms with E-state index in [2.05, 4.69) is 11.0 Å². The Morgan fingerprint density at radius 3 is 2.75 bits per heavy atom. The van der Waals surface area contributed by atoms with Crippen LogP contribution in [-0.2, 0) is 11.2 Å². The molecule has 1 aliphatic rings. The minimum atomic E-state index is -0.527.